The fourth-order valence-corrected chi connectivity index (χ4v) is 4.16. The fraction of sp³-hybridized carbons (Fsp3) is 0.400. The van der Waals surface area contributed by atoms with Crippen LogP contribution in [0.15, 0.2) is 29.2 Å². The molecule has 0 atom stereocenters. The van der Waals surface area contributed by atoms with Gasteiger partial charge >= 0.3 is 5.69 Å². The number of nitrogens with zero attached hydrogens (tertiary/aromatic N) is 7. The highest BCUT2D eigenvalue weighted by molar-refractivity contribution is 5.87. The van der Waals surface area contributed by atoms with Crippen molar-refractivity contribution < 1.29 is 13.3 Å². The Hall–Kier alpha value is -3.83. The smallest absolute Gasteiger partial charge is 0.329 e. The zero-order valence-corrected chi connectivity index (χ0v) is 17.3. The molecular formula is C20H22FN9O2. The van der Waals surface area contributed by atoms with E-state index in [1.54, 1.807) is 32.0 Å². The summed E-state index contributed by atoms with van der Waals surface area (Å²) in [4.78, 5) is 29.2. The summed E-state index contributed by atoms with van der Waals surface area (Å²) < 4.78 is 40.4. The maximum Gasteiger partial charge on any atom is 0.329 e. The number of halogens is 1. The number of alkyl halides is 1. The van der Waals surface area contributed by atoms with Gasteiger partial charge in [-0.05, 0) is 26.0 Å². The topological polar surface area (TPSA) is 138 Å². The van der Waals surface area contributed by atoms with Crippen molar-refractivity contribution in [3.63, 3.8) is 0 Å². The van der Waals surface area contributed by atoms with Crippen LogP contribution >= 0.6 is 0 Å². The molecule has 0 unspecified atom stereocenters. The standard InChI is InChI=1S/C20H22FN9O2/c1-10(2)29-12-6-15(23-9-13(12)28(3)19(29)32)24-14-4-5-16-25-26-18(30(16)27-14)20(17(22)31)7-11(21)8-20/h4-6,9-11H,7-8H2,1-3H3,(H2,22,31)(H,23,24,27)/i3D3. The molecule has 4 heterocycles. The van der Waals surface area contributed by atoms with E-state index in [9.17, 15) is 14.0 Å². The van der Waals surface area contributed by atoms with E-state index in [2.05, 4.69) is 25.6 Å². The van der Waals surface area contributed by atoms with Gasteiger partial charge in [0, 0.05) is 36.0 Å². The van der Waals surface area contributed by atoms with E-state index < -0.39 is 30.2 Å². The molecule has 3 N–H and O–H groups in total. The van der Waals surface area contributed by atoms with E-state index in [-0.39, 0.29) is 30.2 Å². The van der Waals surface area contributed by atoms with Gasteiger partial charge in [0.1, 0.15) is 17.4 Å². The number of primary amides is 1. The van der Waals surface area contributed by atoms with Crippen molar-refractivity contribution in [1.29, 1.82) is 0 Å². The third-order valence-corrected chi connectivity index (χ3v) is 5.83. The number of aromatic nitrogens is 7. The molecule has 1 amide bonds. The Morgan fingerprint density at radius 3 is 2.75 bits per heavy atom. The molecule has 5 rings (SSSR count). The largest absolute Gasteiger partial charge is 0.369 e. The van der Waals surface area contributed by atoms with Crippen molar-refractivity contribution in [1.82, 2.24) is 33.9 Å². The van der Waals surface area contributed by atoms with E-state index >= 15 is 0 Å². The Morgan fingerprint density at radius 2 is 2.09 bits per heavy atom. The first kappa shape index (κ1) is 16.8. The van der Waals surface area contributed by atoms with Gasteiger partial charge in [-0.2, -0.15) is 4.52 Å². The third kappa shape index (κ3) is 2.78. The molecule has 1 fully saturated rings. The van der Waals surface area contributed by atoms with Crippen LogP contribution in [0.3, 0.4) is 0 Å². The zero-order chi connectivity index (χ0) is 25.3. The van der Waals surface area contributed by atoms with Crippen LogP contribution in [0.25, 0.3) is 16.7 Å². The predicted octanol–water partition coefficient (Wildman–Crippen LogP) is 1.35. The number of fused-ring (bicyclic) bond motifs is 2. The minimum atomic E-state index is -2.67. The van der Waals surface area contributed by atoms with E-state index in [0.717, 1.165) is 4.57 Å². The number of carbonyl (C=O) groups excluding carboxylic acids is 1. The normalized spacial score (nSPS) is 22.5. The van der Waals surface area contributed by atoms with E-state index in [1.807, 2.05) is 0 Å². The number of aryl methyl sites for hydroxylation is 1. The lowest BCUT2D eigenvalue weighted by Crippen LogP contribution is -2.53. The van der Waals surface area contributed by atoms with Crippen LogP contribution in [0.1, 0.15) is 42.7 Å². The van der Waals surface area contributed by atoms with Crippen molar-refractivity contribution in [2.45, 2.75) is 44.3 Å². The van der Waals surface area contributed by atoms with Crippen LogP contribution in [0, 0.1) is 0 Å². The molecule has 12 heteroatoms. The van der Waals surface area contributed by atoms with Gasteiger partial charge in [-0.1, -0.05) is 0 Å². The van der Waals surface area contributed by atoms with Gasteiger partial charge < -0.3 is 11.1 Å². The number of hydrogen-bond donors (Lipinski definition) is 2. The fourth-order valence-electron chi connectivity index (χ4n) is 4.16. The number of nitrogens with one attached hydrogen (secondary N) is 1. The van der Waals surface area contributed by atoms with Gasteiger partial charge in [-0.15, -0.1) is 15.3 Å². The number of hydrogen-bond acceptors (Lipinski definition) is 7. The summed E-state index contributed by atoms with van der Waals surface area (Å²) in [5, 5.41) is 15.5. The second kappa shape index (κ2) is 6.84. The van der Waals surface area contributed by atoms with E-state index in [4.69, 9.17) is 9.85 Å². The summed E-state index contributed by atoms with van der Waals surface area (Å²) in [6.45, 7) is 0.886. The monoisotopic (exact) mass is 442 g/mol. The summed E-state index contributed by atoms with van der Waals surface area (Å²) in [6, 6.07) is 4.48. The quantitative estimate of drug-likeness (QED) is 0.476. The Bertz CT molecular complexity index is 1530. The highest BCUT2D eigenvalue weighted by Gasteiger charge is 2.54. The lowest BCUT2D eigenvalue weighted by Gasteiger charge is -2.39. The minimum absolute atomic E-state index is 0.0894. The Morgan fingerprint density at radius 1 is 1.31 bits per heavy atom. The summed E-state index contributed by atoms with van der Waals surface area (Å²) in [5.41, 5.74) is 4.53. The maximum absolute atomic E-state index is 13.7. The molecular weight excluding hydrogens is 417 g/mol. The first-order valence-electron chi connectivity index (χ1n) is 11.5. The SMILES string of the molecule is [2H]C([2H])([2H])n1c(=O)n(C(C)C)c2cc(Nc3ccc4nnc(C5(C(N)=O)CC(F)C5)n4n3)ncc21. The van der Waals surface area contributed by atoms with Crippen molar-refractivity contribution in [2.75, 3.05) is 5.32 Å². The van der Waals surface area contributed by atoms with Crippen LogP contribution in [-0.2, 0) is 17.2 Å². The van der Waals surface area contributed by atoms with Crippen LogP contribution in [-0.4, -0.2) is 46.0 Å². The second-order valence-corrected chi connectivity index (χ2v) is 8.23. The Kier molecular flexibility index (Phi) is 3.59. The number of pyridine rings is 1. The Balaban J connectivity index is 1.57. The van der Waals surface area contributed by atoms with Gasteiger partial charge in [0.15, 0.2) is 17.3 Å². The molecule has 0 saturated heterocycles. The average molecular weight is 442 g/mol. The number of imidazole rings is 1. The zero-order valence-electron chi connectivity index (χ0n) is 20.3. The van der Waals surface area contributed by atoms with Crippen LogP contribution in [0.2, 0.25) is 0 Å². The summed E-state index contributed by atoms with van der Waals surface area (Å²) in [5.74, 6) is 0.0609. The summed E-state index contributed by atoms with van der Waals surface area (Å²) >= 11 is 0. The number of anilines is 2. The highest BCUT2D eigenvalue weighted by Crippen LogP contribution is 2.44. The van der Waals surface area contributed by atoms with Gasteiger partial charge in [-0.25, -0.2) is 14.2 Å². The molecule has 1 saturated carbocycles. The first-order chi connectivity index (χ1) is 16.4. The van der Waals surface area contributed by atoms with Crippen LogP contribution in [0.4, 0.5) is 16.0 Å². The van der Waals surface area contributed by atoms with Gasteiger partial charge in [0.2, 0.25) is 5.91 Å². The summed E-state index contributed by atoms with van der Waals surface area (Å²) in [7, 11) is 0. The average Bonchev–Trinajstić information content (AvgIpc) is 3.28. The van der Waals surface area contributed by atoms with Gasteiger partial charge in [-0.3, -0.25) is 13.9 Å². The lowest BCUT2D eigenvalue weighted by atomic mass is 9.66. The van der Waals surface area contributed by atoms with Crippen molar-refractivity contribution in [3.05, 3.63) is 40.7 Å². The highest BCUT2D eigenvalue weighted by atomic mass is 19.1. The number of carbonyl (C=O) groups is 1. The molecule has 0 aromatic carbocycles. The number of amides is 1. The molecule has 1 aliphatic rings. The molecule has 1 aliphatic carbocycles. The minimum Gasteiger partial charge on any atom is -0.369 e. The van der Waals surface area contributed by atoms with E-state index in [1.165, 1.54) is 15.3 Å². The van der Waals surface area contributed by atoms with Crippen LogP contribution < -0.4 is 16.7 Å². The van der Waals surface area contributed by atoms with Gasteiger partial charge in [0.25, 0.3) is 0 Å². The summed E-state index contributed by atoms with van der Waals surface area (Å²) in [6.07, 6.45) is -0.0278. The molecule has 0 radical (unpaired) electrons. The molecule has 11 nitrogen and oxygen atoms in total. The lowest BCUT2D eigenvalue weighted by molar-refractivity contribution is -0.129. The molecule has 0 spiro atoms. The Labute approximate surface area is 185 Å². The van der Waals surface area contributed by atoms with Crippen molar-refractivity contribution in [2.24, 2.45) is 12.7 Å². The van der Waals surface area contributed by atoms with Crippen LogP contribution in [0.5, 0.6) is 0 Å². The molecule has 4 aromatic heterocycles. The maximum atomic E-state index is 13.7. The third-order valence-electron chi connectivity index (χ3n) is 5.83. The molecule has 32 heavy (non-hydrogen) atoms. The van der Waals surface area contributed by atoms with E-state index in [0.29, 0.717) is 22.8 Å². The molecule has 166 valence electrons. The molecule has 0 bridgehead atoms. The molecule has 4 aromatic rings. The first-order valence-corrected chi connectivity index (χ1v) is 10.00. The predicted molar refractivity (Wildman–Crippen MR) is 114 cm³/mol. The van der Waals surface area contributed by atoms with Crippen molar-refractivity contribution in [3.8, 4) is 0 Å². The van der Waals surface area contributed by atoms with Crippen molar-refractivity contribution >= 4 is 34.2 Å². The second-order valence-electron chi connectivity index (χ2n) is 8.23. The number of rotatable bonds is 5. The number of nitrogens with two attached hydrogens (primary N) is 1. The van der Waals surface area contributed by atoms with Gasteiger partial charge in [0.05, 0.1) is 17.2 Å². The molecule has 0 aliphatic heterocycles.